The molecule has 3 aromatic rings. The van der Waals surface area contributed by atoms with E-state index in [2.05, 4.69) is 12.1 Å². The van der Waals surface area contributed by atoms with Crippen molar-refractivity contribution in [1.29, 1.82) is 0 Å². The molecular formula is C31H27NO6. The molecule has 0 N–H and O–H groups in total. The summed E-state index contributed by atoms with van der Waals surface area (Å²) in [4.78, 5) is 53.6. The molecule has 2 aliphatic carbocycles. The lowest BCUT2D eigenvalue weighted by molar-refractivity contribution is -0.123. The molecule has 0 unspecified atom stereocenters. The maximum Gasteiger partial charge on any atom is 0.338 e. The van der Waals surface area contributed by atoms with E-state index in [0.29, 0.717) is 17.0 Å². The number of amides is 2. The first-order chi connectivity index (χ1) is 18.5. The van der Waals surface area contributed by atoms with Gasteiger partial charge >= 0.3 is 5.97 Å². The first kappa shape index (κ1) is 24.1. The summed E-state index contributed by atoms with van der Waals surface area (Å²) in [7, 11) is 1.51. The Kier molecular flexibility index (Phi) is 6.06. The molecule has 2 amide bonds. The van der Waals surface area contributed by atoms with E-state index in [-0.39, 0.29) is 52.8 Å². The molecule has 3 aliphatic rings. The van der Waals surface area contributed by atoms with Gasteiger partial charge in [0.05, 0.1) is 30.2 Å². The van der Waals surface area contributed by atoms with Crippen molar-refractivity contribution in [3.05, 3.63) is 95.6 Å². The van der Waals surface area contributed by atoms with Gasteiger partial charge in [0.15, 0.2) is 12.4 Å². The van der Waals surface area contributed by atoms with E-state index in [1.807, 2.05) is 18.2 Å². The van der Waals surface area contributed by atoms with Gasteiger partial charge in [0.25, 0.3) is 0 Å². The van der Waals surface area contributed by atoms with Gasteiger partial charge in [-0.15, -0.1) is 0 Å². The average Bonchev–Trinajstić information content (AvgIpc) is 3.63. The fourth-order valence-corrected chi connectivity index (χ4v) is 6.66. The number of imide groups is 1. The van der Waals surface area contributed by atoms with Gasteiger partial charge in [-0.25, -0.2) is 4.79 Å². The molecular weight excluding hydrogens is 482 g/mol. The maximum absolute atomic E-state index is 13.6. The summed E-state index contributed by atoms with van der Waals surface area (Å²) in [6, 6.07) is 23.1. The molecule has 7 heteroatoms. The molecule has 0 aromatic heterocycles. The summed E-state index contributed by atoms with van der Waals surface area (Å²) >= 11 is 0. The molecule has 5 atom stereocenters. The summed E-state index contributed by atoms with van der Waals surface area (Å²) in [6.07, 6.45) is 1.81. The summed E-state index contributed by atoms with van der Waals surface area (Å²) in [5.74, 6) is -0.931. The minimum absolute atomic E-state index is 0.143. The van der Waals surface area contributed by atoms with E-state index >= 15 is 0 Å². The van der Waals surface area contributed by atoms with E-state index in [9.17, 15) is 19.2 Å². The normalized spacial score (nSPS) is 25.4. The van der Waals surface area contributed by atoms with Crippen LogP contribution in [0.2, 0.25) is 0 Å². The number of fused-ring (bicyclic) bond motifs is 5. The van der Waals surface area contributed by atoms with Gasteiger partial charge in [-0.05, 0) is 66.5 Å². The number of hydrogen-bond donors (Lipinski definition) is 0. The molecule has 7 nitrogen and oxygen atoms in total. The fourth-order valence-electron chi connectivity index (χ4n) is 6.66. The van der Waals surface area contributed by atoms with Crippen LogP contribution >= 0.6 is 0 Å². The van der Waals surface area contributed by atoms with Gasteiger partial charge in [-0.1, -0.05) is 48.5 Å². The number of esters is 1. The maximum atomic E-state index is 13.6. The number of ketones is 1. The van der Waals surface area contributed by atoms with Gasteiger partial charge in [0, 0.05) is 5.56 Å². The van der Waals surface area contributed by atoms with Crippen molar-refractivity contribution in [1.82, 2.24) is 0 Å². The van der Waals surface area contributed by atoms with E-state index in [0.717, 1.165) is 12.8 Å². The first-order valence-electron chi connectivity index (χ1n) is 12.8. The number of nitrogens with zero attached hydrogens (tertiary/aromatic N) is 1. The summed E-state index contributed by atoms with van der Waals surface area (Å²) in [5.41, 5.74) is 2.13. The third kappa shape index (κ3) is 3.99. The smallest absolute Gasteiger partial charge is 0.338 e. The van der Waals surface area contributed by atoms with E-state index in [4.69, 9.17) is 9.47 Å². The Morgan fingerprint density at radius 3 is 2.37 bits per heavy atom. The number of carbonyl (C=O) groups excluding carboxylic acids is 4. The molecule has 3 fully saturated rings. The topological polar surface area (TPSA) is 90.0 Å². The predicted molar refractivity (Wildman–Crippen MR) is 139 cm³/mol. The standard InChI is InChI=1S/C31H27NO6/c1-37-23-12-6-9-19(14-23)26(33)17-38-31(36)20-10-5-11-22(13-20)32-29(34)27-21-15-24(18-7-3-2-4-8-18)25(16-21)28(27)30(32)35/h2-14,21,24-25,27-28H,15-17H2,1H3/t21-,24+,25+,27+,28-/m0/s1. The average molecular weight is 510 g/mol. The lowest BCUT2D eigenvalue weighted by Gasteiger charge is -2.28. The van der Waals surface area contributed by atoms with Crippen molar-refractivity contribution in [2.75, 3.05) is 18.6 Å². The highest BCUT2D eigenvalue weighted by Gasteiger charge is 2.64. The zero-order chi connectivity index (χ0) is 26.4. The SMILES string of the molecule is COc1cccc(C(=O)COC(=O)c2cccc(N3C(=O)[C@@H]4[C@@H]5C[C@@H]([C@@H]4C3=O)[C@@H](c3ccccc3)C5)c2)c1. The monoisotopic (exact) mass is 509 g/mol. The quantitative estimate of drug-likeness (QED) is 0.261. The Bertz CT molecular complexity index is 1430. The number of rotatable bonds is 7. The molecule has 2 bridgehead atoms. The zero-order valence-electron chi connectivity index (χ0n) is 20.9. The number of carbonyl (C=O) groups is 4. The molecule has 3 aromatic carbocycles. The molecule has 192 valence electrons. The highest BCUT2D eigenvalue weighted by atomic mass is 16.5. The van der Waals surface area contributed by atoms with Crippen LogP contribution in [0.4, 0.5) is 5.69 Å². The van der Waals surface area contributed by atoms with Crippen LogP contribution in [-0.2, 0) is 14.3 Å². The highest BCUT2D eigenvalue weighted by molar-refractivity contribution is 6.23. The van der Waals surface area contributed by atoms with Crippen LogP contribution in [0.3, 0.4) is 0 Å². The van der Waals surface area contributed by atoms with Crippen LogP contribution in [0.1, 0.15) is 45.0 Å². The Morgan fingerprint density at radius 2 is 1.58 bits per heavy atom. The zero-order valence-corrected chi connectivity index (χ0v) is 20.9. The number of benzene rings is 3. The van der Waals surface area contributed by atoms with Crippen LogP contribution in [0.5, 0.6) is 5.75 Å². The molecule has 38 heavy (non-hydrogen) atoms. The van der Waals surface area contributed by atoms with Crippen molar-refractivity contribution >= 4 is 29.3 Å². The summed E-state index contributed by atoms with van der Waals surface area (Å²) in [6.45, 7) is -0.438. The van der Waals surface area contributed by atoms with Crippen molar-refractivity contribution in [3.63, 3.8) is 0 Å². The predicted octanol–water partition coefficient (Wildman–Crippen LogP) is 4.66. The van der Waals surface area contributed by atoms with E-state index in [1.54, 1.807) is 42.5 Å². The molecule has 0 spiro atoms. The van der Waals surface area contributed by atoms with E-state index in [1.165, 1.54) is 23.6 Å². The van der Waals surface area contributed by atoms with Gasteiger partial charge in [0.2, 0.25) is 11.8 Å². The van der Waals surface area contributed by atoms with Crippen LogP contribution in [0, 0.1) is 23.7 Å². The van der Waals surface area contributed by atoms with Gasteiger partial charge in [-0.2, -0.15) is 0 Å². The first-order valence-corrected chi connectivity index (χ1v) is 12.8. The van der Waals surface area contributed by atoms with Crippen LogP contribution in [0.25, 0.3) is 0 Å². The second kappa shape index (κ2) is 9.56. The molecule has 6 rings (SSSR count). The Labute approximate surface area is 220 Å². The van der Waals surface area contributed by atoms with Gasteiger partial charge < -0.3 is 9.47 Å². The minimum atomic E-state index is -0.702. The molecule has 1 aliphatic heterocycles. The third-order valence-electron chi connectivity index (χ3n) is 8.31. The van der Waals surface area contributed by atoms with E-state index < -0.39 is 12.6 Å². The lowest BCUT2D eigenvalue weighted by atomic mass is 9.73. The van der Waals surface area contributed by atoms with Crippen LogP contribution < -0.4 is 9.64 Å². The number of methoxy groups -OCH3 is 1. The minimum Gasteiger partial charge on any atom is -0.497 e. The van der Waals surface area contributed by atoms with Crippen molar-refractivity contribution < 1.29 is 28.7 Å². The van der Waals surface area contributed by atoms with Crippen LogP contribution in [-0.4, -0.2) is 37.3 Å². The highest BCUT2D eigenvalue weighted by Crippen LogP contribution is 2.61. The van der Waals surface area contributed by atoms with Crippen molar-refractivity contribution in [3.8, 4) is 5.75 Å². The fraction of sp³-hybridized carbons (Fsp3) is 0.290. The molecule has 1 saturated heterocycles. The number of ether oxygens (including phenoxy) is 2. The van der Waals surface area contributed by atoms with Crippen molar-refractivity contribution in [2.45, 2.75) is 18.8 Å². The largest absolute Gasteiger partial charge is 0.497 e. The summed E-state index contributed by atoms with van der Waals surface area (Å²) in [5, 5.41) is 0. The number of hydrogen-bond acceptors (Lipinski definition) is 6. The lowest BCUT2D eigenvalue weighted by Crippen LogP contribution is -2.33. The van der Waals surface area contributed by atoms with Crippen molar-refractivity contribution in [2.24, 2.45) is 23.7 Å². The third-order valence-corrected chi connectivity index (χ3v) is 8.31. The Hall–Kier alpha value is -4.26. The Morgan fingerprint density at radius 1 is 0.842 bits per heavy atom. The molecule has 2 saturated carbocycles. The summed E-state index contributed by atoms with van der Waals surface area (Å²) < 4.78 is 10.4. The second-order valence-corrected chi connectivity index (χ2v) is 10.3. The molecule has 0 radical (unpaired) electrons. The number of anilines is 1. The second-order valence-electron chi connectivity index (χ2n) is 10.3. The molecule has 1 heterocycles. The number of Topliss-reactive ketones (excluding diaryl/α,β-unsaturated/α-hetero) is 1. The van der Waals surface area contributed by atoms with Crippen LogP contribution in [0.15, 0.2) is 78.9 Å². The Balaban J connectivity index is 1.17. The van der Waals surface area contributed by atoms with Gasteiger partial charge in [-0.3, -0.25) is 19.3 Å². The van der Waals surface area contributed by atoms with Gasteiger partial charge in [0.1, 0.15) is 5.75 Å².